The van der Waals surface area contributed by atoms with E-state index in [-0.39, 0.29) is 17.9 Å². The van der Waals surface area contributed by atoms with Crippen molar-refractivity contribution in [1.29, 1.82) is 0 Å². The molecule has 0 aliphatic carbocycles. The van der Waals surface area contributed by atoms with Gasteiger partial charge in [0.2, 0.25) is 21.8 Å². The highest BCUT2D eigenvalue weighted by Gasteiger charge is 2.31. The number of ether oxygens (including phenoxy) is 1. The molecule has 35 heavy (non-hydrogen) atoms. The van der Waals surface area contributed by atoms with Gasteiger partial charge < -0.3 is 15.0 Å². The summed E-state index contributed by atoms with van der Waals surface area (Å²) in [6.45, 7) is 4.64. The first-order valence-corrected chi connectivity index (χ1v) is 12.7. The summed E-state index contributed by atoms with van der Waals surface area (Å²) in [4.78, 5) is 37.9. The lowest BCUT2D eigenvalue weighted by atomic mass is 10.1. The lowest BCUT2D eigenvalue weighted by Gasteiger charge is -2.31. The summed E-state index contributed by atoms with van der Waals surface area (Å²) >= 11 is 0. The number of likely N-dealkylation sites (N-methyl/N-ethyl adjacent to an activating group) is 1. The van der Waals surface area contributed by atoms with Gasteiger partial charge in [-0.2, -0.15) is 0 Å². The van der Waals surface area contributed by atoms with Crippen molar-refractivity contribution in [2.24, 2.45) is 0 Å². The molecule has 2 aromatic rings. The number of nitro benzene ring substituents is 1. The first kappa shape index (κ1) is 27.6. The average Bonchev–Trinajstić information content (AvgIpc) is 2.80. The first-order valence-electron chi connectivity index (χ1n) is 10.8. The topological polar surface area (TPSA) is 139 Å². The van der Waals surface area contributed by atoms with Crippen molar-refractivity contribution >= 4 is 33.2 Å². The largest absolute Gasteiger partial charge is 0.497 e. The Hall–Kier alpha value is -3.67. The lowest BCUT2D eigenvalue weighted by Crippen LogP contribution is -2.51. The van der Waals surface area contributed by atoms with Gasteiger partial charge in [0, 0.05) is 25.2 Å². The van der Waals surface area contributed by atoms with Crippen LogP contribution in [0.5, 0.6) is 5.75 Å². The number of nitrogens with zero attached hydrogens (tertiary/aromatic N) is 3. The second-order valence-corrected chi connectivity index (χ2v) is 9.84. The van der Waals surface area contributed by atoms with Gasteiger partial charge in [0.1, 0.15) is 18.3 Å². The number of anilines is 1. The van der Waals surface area contributed by atoms with Crippen LogP contribution < -0.4 is 14.4 Å². The molecule has 0 radical (unpaired) electrons. The van der Waals surface area contributed by atoms with Crippen LogP contribution in [0.25, 0.3) is 0 Å². The summed E-state index contributed by atoms with van der Waals surface area (Å²) in [5.74, 6) is -0.421. The lowest BCUT2D eigenvalue weighted by molar-refractivity contribution is -0.384. The number of nitro groups is 1. The highest BCUT2D eigenvalue weighted by molar-refractivity contribution is 7.92. The maximum Gasteiger partial charge on any atom is 0.271 e. The molecule has 0 fully saturated rings. The molecule has 0 aliphatic heterocycles. The van der Waals surface area contributed by atoms with Crippen LogP contribution in [-0.4, -0.2) is 62.6 Å². The van der Waals surface area contributed by atoms with Gasteiger partial charge in [-0.15, -0.1) is 0 Å². The number of carbonyl (C=O) groups excluding carboxylic acids is 2. The van der Waals surface area contributed by atoms with Gasteiger partial charge in [-0.05, 0) is 44.0 Å². The van der Waals surface area contributed by atoms with E-state index in [2.05, 4.69) is 5.32 Å². The fourth-order valence-electron chi connectivity index (χ4n) is 3.41. The van der Waals surface area contributed by atoms with Gasteiger partial charge in [-0.1, -0.05) is 18.2 Å². The Morgan fingerprint density at radius 1 is 1.17 bits per heavy atom. The van der Waals surface area contributed by atoms with Gasteiger partial charge in [-0.25, -0.2) is 8.42 Å². The number of aryl methyl sites for hydroxylation is 1. The molecule has 0 bridgehead atoms. The van der Waals surface area contributed by atoms with Gasteiger partial charge in [0.15, 0.2) is 0 Å². The zero-order valence-corrected chi connectivity index (χ0v) is 21.2. The number of sulfonamides is 1. The second kappa shape index (κ2) is 11.6. The van der Waals surface area contributed by atoms with Crippen LogP contribution in [0.3, 0.4) is 0 Å². The van der Waals surface area contributed by atoms with E-state index in [4.69, 9.17) is 4.74 Å². The number of amides is 2. The molecule has 0 heterocycles. The highest BCUT2D eigenvalue weighted by Crippen LogP contribution is 2.28. The molecule has 12 heteroatoms. The van der Waals surface area contributed by atoms with Crippen LogP contribution in [0.15, 0.2) is 42.5 Å². The molecule has 1 atom stereocenters. The Bertz CT molecular complexity index is 1180. The number of non-ortho nitro benzene ring substituents is 1. The quantitative estimate of drug-likeness (QED) is 0.364. The van der Waals surface area contributed by atoms with Gasteiger partial charge in [-0.3, -0.25) is 24.0 Å². The zero-order valence-electron chi connectivity index (χ0n) is 20.3. The van der Waals surface area contributed by atoms with Crippen LogP contribution >= 0.6 is 0 Å². The fourth-order valence-corrected chi connectivity index (χ4v) is 4.31. The van der Waals surface area contributed by atoms with Gasteiger partial charge in [0.25, 0.3) is 5.69 Å². The number of hydrogen-bond donors (Lipinski definition) is 1. The Kier molecular flexibility index (Phi) is 9.18. The Balaban J connectivity index is 2.46. The number of carbonyl (C=O) groups is 2. The van der Waals surface area contributed by atoms with E-state index >= 15 is 0 Å². The van der Waals surface area contributed by atoms with Crippen LogP contribution in [0.1, 0.15) is 25.0 Å². The minimum absolute atomic E-state index is 0.0186. The van der Waals surface area contributed by atoms with Crippen LogP contribution in [0.4, 0.5) is 11.4 Å². The second-order valence-electron chi connectivity index (χ2n) is 7.94. The number of benzene rings is 2. The average molecular weight is 507 g/mol. The van der Waals surface area contributed by atoms with Crippen molar-refractivity contribution in [1.82, 2.24) is 10.2 Å². The Morgan fingerprint density at radius 3 is 2.31 bits per heavy atom. The molecule has 1 N–H and O–H groups in total. The minimum Gasteiger partial charge on any atom is -0.497 e. The van der Waals surface area contributed by atoms with Crippen molar-refractivity contribution in [2.45, 2.75) is 33.4 Å². The van der Waals surface area contributed by atoms with Gasteiger partial charge >= 0.3 is 0 Å². The third-order valence-corrected chi connectivity index (χ3v) is 6.51. The molecule has 2 aromatic carbocycles. The van der Waals surface area contributed by atoms with Crippen molar-refractivity contribution in [2.75, 3.05) is 30.8 Å². The SMILES string of the molecule is CCNC(=O)[C@H](C)N(Cc1ccc(OC)cc1)C(=O)CN(c1cc([N+](=O)[O-])ccc1C)S(C)(=O)=O. The molecule has 0 aliphatic rings. The van der Waals surface area contributed by atoms with E-state index in [0.717, 1.165) is 16.6 Å². The van der Waals surface area contributed by atoms with Crippen molar-refractivity contribution in [3.8, 4) is 5.75 Å². The predicted molar refractivity (Wildman–Crippen MR) is 132 cm³/mol. The Labute approximate surface area is 204 Å². The van der Waals surface area contributed by atoms with E-state index in [9.17, 15) is 28.1 Å². The zero-order chi connectivity index (χ0) is 26.3. The van der Waals surface area contributed by atoms with Crippen LogP contribution in [0.2, 0.25) is 0 Å². The molecule has 2 amide bonds. The van der Waals surface area contributed by atoms with Crippen molar-refractivity contribution in [3.63, 3.8) is 0 Å². The molecular formula is C23H30N4O7S. The summed E-state index contributed by atoms with van der Waals surface area (Å²) in [7, 11) is -2.48. The maximum atomic E-state index is 13.5. The van der Waals surface area contributed by atoms with Crippen molar-refractivity contribution in [3.05, 3.63) is 63.7 Å². The molecule has 11 nitrogen and oxygen atoms in total. The molecule has 0 unspecified atom stereocenters. The summed E-state index contributed by atoms with van der Waals surface area (Å²) in [6.07, 6.45) is 0.916. The smallest absolute Gasteiger partial charge is 0.271 e. The minimum atomic E-state index is -4.00. The van der Waals surface area contributed by atoms with E-state index in [0.29, 0.717) is 23.4 Å². The molecule has 2 rings (SSSR count). The summed E-state index contributed by atoms with van der Waals surface area (Å²) in [5.41, 5.74) is 0.850. The van der Waals surface area contributed by atoms with E-state index in [1.807, 2.05) is 0 Å². The van der Waals surface area contributed by atoms with Crippen LogP contribution in [0, 0.1) is 17.0 Å². The number of hydrogen-bond acceptors (Lipinski definition) is 7. The maximum absolute atomic E-state index is 13.5. The van der Waals surface area contributed by atoms with Crippen LogP contribution in [-0.2, 0) is 26.2 Å². The predicted octanol–water partition coefficient (Wildman–Crippen LogP) is 2.23. The summed E-state index contributed by atoms with van der Waals surface area (Å²) < 4.78 is 31.3. The summed E-state index contributed by atoms with van der Waals surface area (Å²) in [5, 5.41) is 13.9. The highest BCUT2D eigenvalue weighted by atomic mass is 32.2. The van der Waals surface area contributed by atoms with E-state index in [1.54, 1.807) is 45.0 Å². The normalized spacial score (nSPS) is 11.9. The van der Waals surface area contributed by atoms with E-state index < -0.39 is 39.3 Å². The van der Waals surface area contributed by atoms with E-state index in [1.165, 1.54) is 24.1 Å². The Morgan fingerprint density at radius 2 is 1.80 bits per heavy atom. The molecule has 190 valence electrons. The number of rotatable bonds is 11. The molecule has 0 saturated carbocycles. The van der Waals surface area contributed by atoms with Crippen molar-refractivity contribution < 1.29 is 27.7 Å². The monoisotopic (exact) mass is 506 g/mol. The number of methoxy groups -OCH3 is 1. The molecule has 0 saturated heterocycles. The molecular weight excluding hydrogens is 476 g/mol. The third kappa shape index (κ3) is 7.15. The molecule has 0 aromatic heterocycles. The fraction of sp³-hybridized carbons (Fsp3) is 0.391. The molecule has 0 spiro atoms. The number of nitrogens with one attached hydrogen (secondary N) is 1. The standard InChI is InChI=1S/C23H30N4O7S/c1-6-24-23(29)17(3)25(14-18-8-11-20(34-4)12-9-18)22(28)15-26(35(5,32)33)21-13-19(27(30)31)10-7-16(21)2/h7-13,17H,6,14-15H2,1-5H3,(H,24,29)/t17-/m0/s1. The first-order chi connectivity index (χ1) is 16.4. The van der Waals surface area contributed by atoms with Gasteiger partial charge in [0.05, 0.1) is 24.0 Å². The summed E-state index contributed by atoms with van der Waals surface area (Å²) in [6, 6.07) is 9.79. The third-order valence-electron chi connectivity index (χ3n) is 5.38.